The molecule has 0 bridgehead atoms. The molecular formula is C11H13N3O2. The minimum Gasteiger partial charge on any atom is -0.477 e. The van der Waals surface area contributed by atoms with Gasteiger partial charge in [0, 0.05) is 11.4 Å². The number of carboxylic acid groups (broad SMARTS) is 1. The summed E-state index contributed by atoms with van der Waals surface area (Å²) in [6.45, 7) is 4.01. The van der Waals surface area contributed by atoms with Gasteiger partial charge in [0.2, 0.25) is 0 Å². The topological polar surface area (TPSA) is 67.5 Å². The van der Waals surface area contributed by atoms with Crippen molar-refractivity contribution in [3.8, 4) is 0 Å². The Bertz CT molecular complexity index is 545. The van der Waals surface area contributed by atoms with E-state index in [1.807, 2.05) is 19.9 Å². The molecule has 2 aromatic rings. The molecule has 0 atom stereocenters. The molecule has 0 saturated carbocycles. The van der Waals surface area contributed by atoms with Crippen molar-refractivity contribution in [3.05, 3.63) is 29.2 Å². The number of rotatable bonds is 3. The Kier molecular flexibility index (Phi) is 2.60. The summed E-state index contributed by atoms with van der Waals surface area (Å²) in [7, 11) is 0. The highest BCUT2D eigenvalue weighted by molar-refractivity contribution is 5.94. The van der Waals surface area contributed by atoms with Gasteiger partial charge in [-0.25, -0.2) is 14.3 Å². The van der Waals surface area contributed by atoms with E-state index in [4.69, 9.17) is 5.11 Å². The van der Waals surface area contributed by atoms with Crippen molar-refractivity contribution >= 4 is 11.6 Å². The summed E-state index contributed by atoms with van der Waals surface area (Å²) in [4.78, 5) is 15.3. The van der Waals surface area contributed by atoms with Crippen molar-refractivity contribution in [2.24, 2.45) is 0 Å². The van der Waals surface area contributed by atoms with E-state index in [1.165, 1.54) is 6.20 Å². The zero-order chi connectivity index (χ0) is 11.7. The minimum absolute atomic E-state index is 0.157. The van der Waals surface area contributed by atoms with E-state index in [1.54, 1.807) is 4.52 Å². The maximum atomic E-state index is 11.0. The molecule has 0 aliphatic rings. The average Bonchev–Trinajstić information content (AvgIpc) is 2.71. The first kappa shape index (κ1) is 10.6. The Labute approximate surface area is 92.7 Å². The summed E-state index contributed by atoms with van der Waals surface area (Å²) in [5.74, 6) is -0.988. The molecule has 0 aromatic carbocycles. The number of aromatic nitrogens is 3. The van der Waals surface area contributed by atoms with Gasteiger partial charge in [-0.1, -0.05) is 13.8 Å². The van der Waals surface area contributed by atoms with Gasteiger partial charge in [0.05, 0.1) is 6.20 Å². The second kappa shape index (κ2) is 3.92. The number of carbonyl (C=O) groups is 1. The molecule has 2 heterocycles. The van der Waals surface area contributed by atoms with Crippen LogP contribution in [0.5, 0.6) is 0 Å². The number of carboxylic acids is 1. The highest BCUT2D eigenvalue weighted by Gasteiger charge is 2.14. The van der Waals surface area contributed by atoms with Gasteiger partial charge in [0.25, 0.3) is 0 Å². The van der Waals surface area contributed by atoms with Crippen LogP contribution in [-0.2, 0) is 12.8 Å². The molecule has 84 valence electrons. The molecule has 0 aliphatic heterocycles. The van der Waals surface area contributed by atoms with Crippen LogP contribution in [0.25, 0.3) is 5.65 Å². The Balaban J connectivity index is 2.76. The Hall–Kier alpha value is -1.91. The maximum absolute atomic E-state index is 11.0. The number of nitrogens with zero attached hydrogens (tertiary/aromatic N) is 3. The Morgan fingerprint density at radius 1 is 1.44 bits per heavy atom. The quantitative estimate of drug-likeness (QED) is 0.850. The first-order valence-corrected chi connectivity index (χ1v) is 5.27. The molecular weight excluding hydrogens is 206 g/mol. The highest BCUT2D eigenvalue weighted by atomic mass is 16.4. The van der Waals surface area contributed by atoms with Gasteiger partial charge in [0.15, 0.2) is 5.65 Å². The van der Waals surface area contributed by atoms with Crippen molar-refractivity contribution in [2.75, 3.05) is 0 Å². The van der Waals surface area contributed by atoms with Crippen LogP contribution < -0.4 is 0 Å². The molecule has 2 aromatic heterocycles. The zero-order valence-electron chi connectivity index (χ0n) is 9.27. The van der Waals surface area contributed by atoms with Crippen LogP contribution in [0.1, 0.15) is 35.6 Å². The van der Waals surface area contributed by atoms with Crippen molar-refractivity contribution in [1.82, 2.24) is 14.6 Å². The van der Waals surface area contributed by atoms with Crippen LogP contribution in [0.2, 0.25) is 0 Å². The van der Waals surface area contributed by atoms with Gasteiger partial charge < -0.3 is 5.11 Å². The second-order valence-electron chi connectivity index (χ2n) is 3.54. The van der Waals surface area contributed by atoms with Crippen LogP contribution >= 0.6 is 0 Å². The van der Waals surface area contributed by atoms with E-state index in [9.17, 15) is 4.79 Å². The van der Waals surface area contributed by atoms with Gasteiger partial charge in [0.1, 0.15) is 5.56 Å². The molecule has 0 amide bonds. The third-order valence-electron chi connectivity index (χ3n) is 2.55. The molecule has 2 rings (SSSR count). The maximum Gasteiger partial charge on any atom is 0.341 e. The SMILES string of the molecule is CCc1cc(CC)n2ncc(C(=O)O)c2n1. The number of aryl methyl sites for hydroxylation is 2. The third kappa shape index (κ3) is 1.54. The van der Waals surface area contributed by atoms with Gasteiger partial charge in [-0.3, -0.25) is 0 Å². The normalized spacial score (nSPS) is 10.9. The lowest BCUT2D eigenvalue weighted by molar-refractivity contribution is 0.0699. The molecule has 0 aliphatic carbocycles. The number of aromatic carboxylic acids is 1. The van der Waals surface area contributed by atoms with Gasteiger partial charge in [-0.15, -0.1) is 0 Å². The van der Waals surface area contributed by atoms with Crippen molar-refractivity contribution in [3.63, 3.8) is 0 Å². The first-order chi connectivity index (χ1) is 7.67. The summed E-state index contributed by atoms with van der Waals surface area (Å²) in [6, 6.07) is 1.96. The van der Waals surface area contributed by atoms with Gasteiger partial charge in [-0.2, -0.15) is 5.10 Å². The van der Waals surface area contributed by atoms with Gasteiger partial charge in [-0.05, 0) is 18.9 Å². The van der Waals surface area contributed by atoms with Crippen LogP contribution in [0, 0.1) is 0 Å². The number of fused-ring (bicyclic) bond motifs is 1. The molecule has 0 saturated heterocycles. The molecule has 0 radical (unpaired) electrons. The third-order valence-corrected chi connectivity index (χ3v) is 2.55. The van der Waals surface area contributed by atoms with Crippen LogP contribution in [-0.4, -0.2) is 25.7 Å². The van der Waals surface area contributed by atoms with Crippen molar-refractivity contribution < 1.29 is 9.90 Å². The van der Waals surface area contributed by atoms with Gasteiger partial charge >= 0.3 is 5.97 Å². The predicted molar refractivity (Wildman–Crippen MR) is 58.7 cm³/mol. The monoisotopic (exact) mass is 219 g/mol. The second-order valence-corrected chi connectivity index (χ2v) is 3.54. The Morgan fingerprint density at radius 2 is 2.19 bits per heavy atom. The van der Waals surface area contributed by atoms with Crippen LogP contribution in [0.4, 0.5) is 0 Å². The molecule has 1 N–H and O–H groups in total. The summed E-state index contributed by atoms with van der Waals surface area (Å²) >= 11 is 0. The minimum atomic E-state index is -0.988. The molecule has 0 fully saturated rings. The summed E-state index contributed by atoms with van der Waals surface area (Å²) in [6.07, 6.45) is 2.93. The predicted octanol–water partition coefficient (Wildman–Crippen LogP) is 1.55. The molecule has 5 nitrogen and oxygen atoms in total. The number of hydrogen-bond donors (Lipinski definition) is 1. The van der Waals surface area contributed by atoms with E-state index >= 15 is 0 Å². The fraction of sp³-hybridized carbons (Fsp3) is 0.364. The lowest BCUT2D eigenvalue weighted by atomic mass is 10.2. The van der Waals surface area contributed by atoms with Crippen LogP contribution in [0.15, 0.2) is 12.3 Å². The smallest absolute Gasteiger partial charge is 0.341 e. The average molecular weight is 219 g/mol. The standard InChI is InChI=1S/C11H13N3O2/c1-3-7-5-8(4-2)14-10(13-7)9(6-12-14)11(15)16/h5-6H,3-4H2,1-2H3,(H,15,16). The highest BCUT2D eigenvalue weighted by Crippen LogP contribution is 2.13. The van der Waals surface area contributed by atoms with Crippen molar-refractivity contribution in [2.45, 2.75) is 26.7 Å². The van der Waals surface area contributed by atoms with E-state index in [-0.39, 0.29) is 5.56 Å². The largest absolute Gasteiger partial charge is 0.477 e. The lowest BCUT2D eigenvalue weighted by Crippen LogP contribution is -2.04. The first-order valence-electron chi connectivity index (χ1n) is 5.27. The van der Waals surface area contributed by atoms with Crippen LogP contribution in [0.3, 0.4) is 0 Å². The Morgan fingerprint density at radius 3 is 2.75 bits per heavy atom. The summed E-state index contributed by atoms with van der Waals surface area (Å²) in [5.41, 5.74) is 2.47. The van der Waals surface area contributed by atoms with Crippen molar-refractivity contribution in [1.29, 1.82) is 0 Å². The van der Waals surface area contributed by atoms with E-state index in [0.29, 0.717) is 5.65 Å². The van der Waals surface area contributed by atoms with E-state index < -0.39 is 5.97 Å². The fourth-order valence-corrected chi connectivity index (χ4v) is 1.67. The zero-order valence-corrected chi connectivity index (χ0v) is 9.27. The molecule has 5 heteroatoms. The van der Waals surface area contributed by atoms with E-state index in [0.717, 1.165) is 24.2 Å². The lowest BCUT2D eigenvalue weighted by Gasteiger charge is -2.04. The van der Waals surface area contributed by atoms with E-state index in [2.05, 4.69) is 10.1 Å². The molecule has 0 spiro atoms. The fourth-order valence-electron chi connectivity index (χ4n) is 1.67. The summed E-state index contributed by atoms with van der Waals surface area (Å²) < 4.78 is 1.60. The molecule has 0 unspecified atom stereocenters. The summed E-state index contributed by atoms with van der Waals surface area (Å²) in [5, 5.41) is 13.1. The molecule has 16 heavy (non-hydrogen) atoms. The number of hydrogen-bond acceptors (Lipinski definition) is 3.